The molecular formula is C22H24F2N4O2. The zero-order valence-corrected chi connectivity index (χ0v) is 16.5. The second-order valence-corrected chi connectivity index (χ2v) is 6.61. The van der Waals surface area contributed by atoms with E-state index in [0.717, 1.165) is 12.8 Å². The maximum atomic E-state index is 13.0. The average Bonchev–Trinajstić information content (AvgIpc) is 2.71. The summed E-state index contributed by atoms with van der Waals surface area (Å²) < 4.78 is 26.0. The molecule has 158 valence electrons. The van der Waals surface area contributed by atoms with Crippen molar-refractivity contribution in [1.82, 2.24) is 10.9 Å². The average molecular weight is 414 g/mol. The van der Waals surface area contributed by atoms with Crippen LogP contribution in [-0.4, -0.2) is 24.2 Å². The Morgan fingerprint density at radius 2 is 1.17 bits per heavy atom. The van der Waals surface area contributed by atoms with Crippen LogP contribution in [0.15, 0.2) is 58.7 Å². The minimum atomic E-state index is -0.364. The van der Waals surface area contributed by atoms with Crippen molar-refractivity contribution in [2.75, 3.05) is 0 Å². The molecule has 2 N–H and O–H groups in total. The number of carbonyl (C=O) groups is 2. The number of nitrogens with one attached hydrogen (secondary N) is 2. The molecule has 0 radical (unpaired) electrons. The summed E-state index contributed by atoms with van der Waals surface area (Å²) in [4.78, 5) is 23.4. The number of carbonyl (C=O) groups excluding carboxylic acids is 2. The third-order valence-corrected chi connectivity index (χ3v) is 4.06. The van der Waals surface area contributed by atoms with Crippen LogP contribution < -0.4 is 10.9 Å². The van der Waals surface area contributed by atoms with E-state index < -0.39 is 0 Å². The molecule has 0 spiro atoms. The lowest BCUT2D eigenvalue weighted by molar-refractivity contribution is -0.122. The molecule has 0 atom stereocenters. The molecule has 2 amide bonds. The van der Waals surface area contributed by atoms with E-state index in [1.807, 2.05) is 0 Å². The zero-order valence-electron chi connectivity index (χ0n) is 16.5. The standard InChI is InChI=1S/C22H24F2N4O2/c23-19-9-5-7-17(13-19)15-25-27-21(29)11-3-1-2-4-12-22(30)28-26-16-18-8-6-10-20(24)14-18/h5-10,13-16H,1-4,11-12H2,(H,27,29)(H,28,30). The Bertz CT molecular complexity index is 827. The van der Waals surface area contributed by atoms with E-state index in [0.29, 0.717) is 36.8 Å². The Morgan fingerprint density at radius 1 is 0.733 bits per heavy atom. The van der Waals surface area contributed by atoms with Crippen LogP contribution in [0.5, 0.6) is 0 Å². The fourth-order valence-electron chi connectivity index (χ4n) is 2.57. The maximum absolute atomic E-state index is 13.0. The number of rotatable bonds is 11. The predicted molar refractivity (Wildman–Crippen MR) is 112 cm³/mol. The molecule has 0 aliphatic rings. The summed E-state index contributed by atoms with van der Waals surface area (Å²) in [7, 11) is 0. The van der Waals surface area contributed by atoms with Gasteiger partial charge < -0.3 is 0 Å². The van der Waals surface area contributed by atoms with Crippen LogP contribution in [0.1, 0.15) is 49.7 Å². The molecule has 0 aromatic heterocycles. The molecule has 0 fully saturated rings. The first-order valence-electron chi connectivity index (χ1n) is 9.68. The van der Waals surface area contributed by atoms with Gasteiger partial charge in [0.25, 0.3) is 0 Å². The minimum absolute atomic E-state index is 0.216. The van der Waals surface area contributed by atoms with Gasteiger partial charge in [-0.1, -0.05) is 37.1 Å². The molecule has 0 heterocycles. The molecule has 6 nitrogen and oxygen atoms in total. The van der Waals surface area contributed by atoms with Gasteiger partial charge in [0.05, 0.1) is 12.4 Å². The number of amides is 2. The summed E-state index contributed by atoms with van der Waals surface area (Å²) >= 11 is 0. The lowest BCUT2D eigenvalue weighted by atomic mass is 10.1. The number of unbranched alkanes of at least 4 members (excludes halogenated alkanes) is 3. The van der Waals surface area contributed by atoms with Gasteiger partial charge >= 0.3 is 0 Å². The fraction of sp³-hybridized carbons (Fsp3) is 0.273. The van der Waals surface area contributed by atoms with Crippen LogP contribution in [-0.2, 0) is 9.59 Å². The molecule has 0 saturated carbocycles. The summed E-state index contributed by atoms with van der Waals surface area (Å²) in [6, 6.07) is 11.8. The van der Waals surface area contributed by atoms with E-state index in [2.05, 4.69) is 21.1 Å². The highest BCUT2D eigenvalue weighted by atomic mass is 19.1. The van der Waals surface area contributed by atoms with Crippen LogP contribution in [0.4, 0.5) is 8.78 Å². The van der Waals surface area contributed by atoms with Crippen LogP contribution >= 0.6 is 0 Å². The van der Waals surface area contributed by atoms with E-state index in [4.69, 9.17) is 0 Å². The molecule has 30 heavy (non-hydrogen) atoms. The van der Waals surface area contributed by atoms with Crippen molar-refractivity contribution in [3.05, 3.63) is 71.3 Å². The highest BCUT2D eigenvalue weighted by Crippen LogP contribution is 2.06. The second-order valence-electron chi connectivity index (χ2n) is 6.61. The first kappa shape index (κ1) is 22.9. The van der Waals surface area contributed by atoms with Crippen LogP contribution in [0, 0.1) is 11.6 Å². The summed E-state index contributed by atoms with van der Waals surface area (Å²) in [5, 5.41) is 7.60. The van der Waals surface area contributed by atoms with Gasteiger partial charge in [-0.25, -0.2) is 19.6 Å². The summed E-state index contributed by atoms with van der Waals surface area (Å²) in [6.07, 6.45) is 6.39. The third kappa shape index (κ3) is 9.68. The van der Waals surface area contributed by atoms with E-state index >= 15 is 0 Å². The number of hydrogen-bond donors (Lipinski definition) is 2. The Balaban J connectivity index is 1.50. The summed E-state index contributed by atoms with van der Waals surface area (Å²) in [6.45, 7) is 0. The largest absolute Gasteiger partial charge is 0.273 e. The predicted octanol–water partition coefficient (Wildman–Crippen LogP) is 3.91. The lowest BCUT2D eigenvalue weighted by Crippen LogP contribution is -2.17. The number of halogens is 2. The number of benzene rings is 2. The van der Waals surface area contributed by atoms with Crippen molar-refractivity contribution in [2.24, 2.45) is 10.2 Å². The van der Waals surface area contributed by atoms with Crippen molar-refractivity contribution >= 4 is 24.2 Å². The highest BCUT2D eigenvalue weighted by Gasteiger charge is 2.02. The molecular weight excluding hydrogens is 390 g/mol. The molecule has 2 aromatic rings. The van der Waals surface area contributed by atoms with Gasteiger partial charge in [0.1, 0.15) is 11.6 Å². The van der Waals surface area contributed by atoms with Gasteiger partial charge in [-0.3, -0.25) is 9.59 Å². The van der Waals surface area contributed by atoms with E-state index in [1.165, 1.54) is 36.7 Å². The molecule has 2 rings (SSSR count). The summed E-state index contributed by atoms with van der Waals surface area (Å²) in [5.74, 6) is -1.16. The lowest BCUT2D eigenvalue weighted by Gasteiger charge is -2.02. The van der Waals surface area contributed by atoms with Gasteiger partial charge in [0.15, 0.2) is 0 Å². The SMILES string of the molecule is O=C(CCCCCCC(=O)NN=Cc1cccc(F)c1)NN=Cc1cccc(F)c1. The van der Waals surface area contributed by atoms with Crippen molar-refractivity contribution in [3.63, 3.8) is 0 Å². The van der Waals surface area contributed by atoms with Gasteiger partial charge in [-0.2, -0.15) is 10.2 Å². The monoisotopic (exact) mass is 414 g/mol. The summed E-state index contributed by atoms with van der Waals surface area (Å²) in [5.41, 5.74) is 5.94. The highest BCUT2D eigenvalue weighted by molar-refractivity contribution is 5.83. The molecule has 0 bridgehead atoms. The van der Waals surface area contributed by atoms with Gasteiger partial charge in [0.2, 0.25) is 11.8 Å². The molecule has 0 aliphatic heterocycles. The number of hydrogen-bond acceptors (Lipinski definition) is 4. The Kier molecular flexibility index (Phi) is 9.85. The zero-order chi connectivity index (χ0) is 21.6. The molecule has 0 unspecified atom stereocenters. The Labute approximate surface area is 174 Å². The minimum Gasteiger partial charge on any atom is -0.273 e. The molecule has 8 heteroatoms. The van der Waals surface area contributed by atoms with E-state index in [9.17, 15) is 18.4 Å². The second kappa shape index (κ2) is 12.9. The normalized spacial score (nSPS) is 11.1. The van der Waals surface area contributed by atoms with Gasteiger partial charge in [-0.15, -0.1) is 0 Å². The van der Waals surface area contributed by atoms with Crippen molar-refractivity contribution in [1.29, 1.82) is 0 Å². The molecule has 2 aromatic carbocycles. The molecule has 0 aliphatic carbocycles. The van der Waals surface area contributed by atoms with Gasteiger partial charge in [-0.05, 0) is 48.2 Å². The first-order chi connectivity index (χ1) is 14.5. The number of nitrogens with zero attached hydrogens (tertiary/aromatic N) is 2. The van der Waals surface area contributed by atoms with Crippen LogP contribution in [0.25, 0.3) is 0 Å². The molecule has 0 saturated heterocycles. The van der Waals surface area contributed by atoms with E-state index in [1.54, 1.807) is 24.3 Å². The van der Waals surface area contributed by atoms with Crippen molar-refractivity contribution < 1.29 is 18.4 Å². The smallest absolute Gasteiger partial charge is 0.240 e. The topological polar surface area (TPSA) is 82.9 Å². The van der Waals surface area contributed by atoms with Gasteiger partial charge in [0, 0.05) is 12.8 Å². The van der Waals surface area contributed by atoms with E-state index in [-0.39, 0.29) is 23.4 Å². The van der Waals surface area contributed by atoms with Crippen LogP contribution in [0.2, 0.25) is 0 Å². The van der Waals surface area contributed by atoms with Crippen molar-refractivity contribution in [3.8, 4) is 0 Å². The Hall–Kier alpha value is -3.42. The third-order valence-electron chi connectivity index (χ3n) is 4.06. The van der Waals surface area contributed by atoms with Crippen LogP contribution in [0.3, 0.4) is 0 Å². The fourth-order valence-corrected chi connectivity index (χ4v) is 2.57. The number of hydrazone groups is 2. The van der Waals surface area contributed by atoms with Crippen molar-refractivity contribution in [2.45, 2.75) is 38.5 Å². The Morgan fingerprint density at radius 3 is 1.57 bits per heavy atom. The first-order valence-corrected chi connectivity index (χ1v) is 9.68. The maximum Gasteiger partial charge on any atom is 0.240 e. The quantitative estimate of drug-likeness (QED) is 0.332.